The Balaban J connectivity index is 1.36. The van der Waals surface area contributed by atoms with Gasteiger partial charge in [0.15, 0.2) is 5.96 Å². The Labute approximate surface area is 149 Å². The highest BCUT2D eigenvalue weighted by atomic mass is 16.2. The number of allylic oxidation sites excluding steroid dienone is 2. The van der Waals surface area contributed by atoms with E-state index in [1.807, 2.05) is 6.92 Å². The molecule has 136 valence electrons. The third-order valence-electron chi connectivity index (χ3n) is 6.32. The summed E-state index contributed by atoms with van der Waals surface area (Å²) in [6.45, 7) is 8.12. The summed E-state index contributed by atoms with van der Waals surface area (Å²) in [6, 6.07) is 0.446. The van der Waals surface area contributed by atoms with Gasteiger partial charge >= 0.3 is 0 Å². The lowest BCUT2D eigenvalue weighted by Crippen LogP contribution is -2.41. The van der Waals surface area contributed by atoms with Gasteiger partial charge in [-0.15, -0.1) is 0 Å². The predicted molar refractivity (Wildman–Crippen MR) is 95.7 cm³/mol. The maximum atomic E-state index is 12.7. The SMILES string of the molecule is CCNC(=NCCN1C(=O)C2C3C=CC(C3)C2C1=O)NC1CC1(C)C. The summed E-state index contributed by atoms with van der Waals surface area (Å²) < 4.78 is 0. The summed E-state index contributed by atoms with van der Waals surface area (Å²) in [4.78, 5) is 31.3. The second-order valence-corrected chi connectivity index (χ2v) is 8.48. The molecule has 2 N–H and O–H groups in total. The van der Waals surface area contributed by atoms with Gasteiger partial charge in [0.2, 0.25) is 11.8 Å². The molecule has 6 heteroatoms. The molecule has 5 unspecified atom stereocenters. The molecule has 4 aliphatic rings. The van der Waals surface area contributed by atoms with Crippen molar-refractivity contribution in [1.82, 2.24) is 15.5 Å². The van der Waals surface area contributed by atoms with Gasteiger partial charge < -0.3 is 10.6 Å². The van der Waals surface area contributed by atoms with Crippen LogP contribution in [0.5, 0.6) is 0 Å². The first kappa shape index (κ1) is 16.6. The summed E-state index contributed by atoms with van der Waals surface area (Å²) in [5.74, 6) is 1.15. The van der Waals surface area contributed by atoms with E-state index in [2.05, 4.69) is 41.6 Å². The molecule has 3 aliphatic carbocycles. The van der Waals surface area contributed by atoms with Crippen LogP contribution in [0.1, 0.15) is 33.6 Å². The molecule has 5 atom stereocenters. The van der Waals surface area contributed by atoms with Crippen LogP contribution in [0.4, 0.5) is 0 Å². The predicted octanol–water partition coefficient (Wildman–Crippen LogP) is 1.15. The van der Waals surface area contributed by atoms with E-state index in [0.717, 1.165) is 25.3 Å². The minimum absolute atomic E-state index is 0.0170. The molecule has 0 aromatic heterocycles. The molecule has 6 nitrogen and oxygen atoms in total. The molecule has 0 radical (unpaired) electrons. The first-order valence-electron chi connectivity index (χ1n) is 9.51. The summed E-state index contributed by atoms with van der Waals surface area (Å²) in [7, 11) is 0. The lowest BCUT2D eigenvalue weighted by atomic mass is 9.85. The van der Waals surface area contributed by atoms with E-state index in [1.54, 1.807) is 0 Å². The van der Waals surface area contributed by atoms with Gasteiger partial charge in [-0.1, -0.05) is 26.0 Å². The van der Waals surface area contributed by atoms with Crippen molar-refractivity contribution in [3.63, 3.8) is 0 Å². The second kappa shape index (κ2) is 5.85. The van der Waals surface area contributed by atoms with Crippen molar-refractivity contribution in [3.05, 3.63) is 12.2 Å². The van der Waals surface area contributed by atoms with Crippen molar-refractivity contribution >= 4 is 17.8 Å². The van der Waals surface area contributed by atoms with Crippen LogP contribution in [-0.4, -0.2) is 48.3 Å². The number of aliphatic imine (C=N–C) groups is 1. The standard InChI is InChI=1S/C19H28N4O2/c1-4-20-18(22-13-10-19(13,2)3)21-7-8-23-16(24)14-11-5-6-12(9-11)15(14)17(23)25/h5-6,11-15H,4,7-10H2,1-3H3,(H2,20,21,22). The molecule has 1 heterocycles. The highest BCUT2D eigenvalue weighted by Gasteiger charge is 2.58. The number of hydrogen-bond acceptors (Lipinski definition) is 3. The van der Waals surface area contributed by atoms with Gasteiger partial charge in [0.1, 0.15) is 0 Å². The number of imide groups is 1. The quantitative estimate of drug-likeness (QED) is 0.340. The fourth-order valence-corrected chi connectivity index (χ4v) is 4.64. The molecule has 4 rings (SSSR count). The largest absolute Gasteiger partial charge is 0.357 e. The van der Waals surface area contributed by atoms with Gasteiger partial charge in [-0.05, 0) is 37.0 Å². The van der Waals surface area contributed by atoms with Crippen LogP contribution in [-0.2, 0) is 9.59 Å². The highest BCUT2D eigenvalue weighted by Crippen LogP contribution is 2.52. The molecular weight excluding hydrogens is 316 g/mol. The van der Waals surface area contributed by atoms with Gasteiger partial charge in [0, 0.05) is 19.1 Å². The minimum atomic E-state index is -0.106. The summed E-state index contributed by atoms with van der Waals surface area (Å²) in [5.41, 5.74) is 0.320. The van der Waals surface area contributed by atoms with Crippen LogP contribution in [0.2, 0.25) is 0 Å². The molecule has 2 amide bonds. The molecular formula is C19H28N4O2. The Bertz CT molecular complexity index is 624. The van der Waals surface area contributed by atoms with Gasteiger partial charge in [-0.3, -0.25) is 19.5 Å². The Morgan fingerprint density at radius 2 is 1.84 bits per heavy atom. The van der Waals surface area contributed by atoms with Crippen molar-refractivity contribution < 1.29 is 9.59 Å². The van der Waals surface area contributed by atoms with Gasteiger partial charge in [-0.2, -0.15) is 0 Å². The van der Waals surface area contributed by atoms with E-state index < -0.39 is 0 Å². The minimum Gasteiger partial charge on any atom is -0.357 e. The number of carbonyl (C=O) groups excluding carboxylic acids is 2. The number of carbonyl (C=O) groups is 2. The summed E-state index contributed by atoms with van der Waals surface area (Å²) in [5, 5.41) is 6.68. The topological polar surface area (TPSA) is 73.8 Å². The molecule has 2 saturated carbocycles. The third-order valence-corrected chi connectivity index (χ3v) is 6.32. The zero-order valence-corrected chi connectivity index (χ0v) is 15.3. The molecule has 0 aromatic rings. The average molecular weight is 344 g/mol. The van der Waals surface area contributed by atoms with Gasteiger partial charge in [0.25, 0.3) is 0 Å². The van der Waals surface area contributed by atoms with Crippen LogP contribution in [0.25, 0.3) is 0 Å². The first-order chi connectivity index (χ1) is 11.9. The fraction of sp³-hybridized carbons (Fsp3) is 0.737. The first-order valence-corrected chi connectivity index (χ1v) is 9.51. The number of amides is 2. The zero-order valence-electron chi connectivity index (χ0n) is 15.3. The number of fused-ring (bicyclic) bond motifs is 5. The van der Waals surface area contributed by atoms with Gasteiger partial charge in [0.05, 0.1) is 18.4 Å². The normalized spacial score (nSPS) is 37.6. The van der Waals surface area contributed by atoms with Crippen molar-refractivity contribution in [2.24, 2.45) is 34.1 Å². The molecule has 25 heavy (non-hydrogen) atoms. The molecule has 3 fully saturated rings. The zero-order chi connectivity index (χ0) is 17.8. The maximum Gasteiger partial charge on any atom is 0.233 e. The highest BCUT2D eigenvalue weighted by molar-refractivity contribution is 6.06. The van der Waals surface area contributed by atoms with Crippen LogP contribution in [0, 0.1) is 29.1 Å². The smallest absolute Gasteiger partial charge is 0.233 e. The van der Waals surface area contributed by atoms with Crippen LogP contribution in [0.3, 0.4) is 0 Å². The van der Waals surface area contributed by atoms with Crippen molar-refractivity contribution in [2.75, 3.05) is 19.6 Å². The van der Waals surface area contributed by atoms with Crippen molar-refractivity contribution in [1.29, 1.82) is 0 Å². The van der Waals surface area contributed by atoms with E-state index in [1.165, 1.54) is 4.90 Å². The Morgan fingerprint density at radius 1 is 1.24 bits per heavy atom. The monoisotopic (exact) mass is 344 g/mol. The second-order valence-electron chi connectivity index (χ2n) is 8.48. The third kappa shape index (κ3) is 2.75. The lowest BCUT2D eigenvalue weighted by Gasteiger charge is -2.17. The van der Waals surface area contributed by atoms with E-state index >= 15 is 0 Å². The lowest BCUT2D eigenvalue weighted by molar-refractivity contribution is -0.140. The fourth-order valence-electron chi connectivity index (χ4n) is 4.64. The van der Waals surface area contributed by atoms with E-state index in [-0.39, 0.29) is 35.5 Å². The molecule has 2 bridgehead atoms. The summed E-state index contributed by atoms with van der Waals surface area (Å²) in [6.07, 6.45) is 6.37. The van der Waals surface area contributed by atoms with E-state index in [4.69, 9.17) is 0 Å². The van der Waals surface area contributed by atoms with E-state index in [9.17, 15) is 9.59 Å². The van der Waals surface area contributed by atoms with Crippen LogP contribution < -0.4 is 10.6 Å². The maximum absolute atomic E-state index is 12.7. The number of hydrogen-bond donors (Lipinski definition) is 2. The number of rotatable bonds is 5. The molecule has 0 spiro atoms. The molecule has 1 aliphatic heterocycles. The Hall–Kier alpha value is -1.85. The van der Waals surface area contributed by atoms with Crippen LogP contribution in [0.15, 0.2) is 17.1 Å². The summed E-state index contributed by atoms with van der Waals surface area (Å²) >= 11 is 0. The van der Waals surface area contributed by atoms with Gasteiger partial charge in [-0.25, -0.2) is 0 Å². The number of nitrogens with zero attached hydrogens (tertiary/aromatic N) is 2. The molecule has 1 saturated heterocycles. The number of guanidine groups is 1. The van der Waals surface area contributed by atoms with Crippen molar-refractivity contribution in [2.45, 2.75) is 39.7 Å². The Morgan fingerprint density at radius 3 is 2.36 bits per heavy atom. The van der Waals surface area contributed by atoms with Crippen molar-refractivity contribution in [3.8, 4) is 0 Å². The van der Waals surface area contributed by atoms with E-state index in [0.29, 0.717) is 24.5 Å². The molecule has 0 aromatic carbocycles. The van der Waals surface area contributed by atoms with Crippen LogP contribution >= 0.6 is 0 Å². The average Bonchev–Trinajstić information content (AvgIpc) is 2.94. The Kier molecular flexibility index (Phi) is 3.89. The number of nitrogens with one attached hydrogen (secondary N) is 2. The number of likely N-dealkylation sites (tertiary alicyclic amines) is 1.